The zero-order valence-corrected chi connectivity index (χ0v) is 38.8. The van der Waals surface area contributed by atoms with Crippen LogP contribution in [-0.4, -0.2) is 9.97 Å². The fourth-order valence-corrected chi connectivity index (χ4v) is 11.7. The molecule has 2 aliphatic rings. The molecule has 0 N–H and O–H groups in total. The smallest absolute Gasteiger partial charge is 0.160 e. The Morgan fingerprint density at radius 2 is 0.648 bits per heavy atom. The average molecular weight is 901 g/mol. The lowest BCUT2D eigenvalue weighted by Crippen LogP contribution is -2.25. The van der Waals surface area contributed by atoms with Gasteiger partial charge in [0.05, 0.1) is 16.8 Å². The maximum Gasteiger partial charge on any atom is 0.160 e. The second-order valence-electron chi connectivity index (χ2n) is 18.8. The van der Waals surface area contributed by atoms with E-state index in [2.05, 4.69) is 249 Å². The molecule has 71 heavy (non-hydrogen) atoms. The zero-order chi connectivity index (χ0) is 46.9. The summed E-state index contributed by atoms with van der Waals surface area (Å²) in [5.41, 5.74) is 24.3. The molecular weight excluding hydrogens is 857 g/mol. The van der Waals surface area contributed by atoms with Gasteiger partial charge >= 0.3 is 0 Å². The van der Waals surface area contributed by atoms with Gasteiger partial charge in [0.1, 0.15) is 0 Å². The molecule has 0 saturated carbocycles. The fraction of sp³-hybridized carbons (Fsp3) is 0.0145. The zero-order valence-electron chi connectivity index (χ0n) is 38.8. The number of hydrogen-bond acceptors (Lipinski definition) is 2. The van der Waals surface area contributed by atoms with Crippen LogP contribution in [0.15, 0.2) is 267 Å². The Morgan fingerprint density at radius 1 is 0.225 bits per heavy atom. The number of nitrogens with zero attached hydrogens (tertiary/aromatic N) is 2. The first-order chi connectivity index (χ1) is 35.2. The SMILES string of the molecule is c1ccc(-c2cccc(-c3cc(-c4cccc(-c5cccc(-c6cc7c(cc6-c6cccc8ccccc68)-c6ccccc6C76c7ccccc7-c7ccccc76)c5)c4)nc(-c4ccccc4)n3)c2)cc1. The second kappa shape index (κ2) is 16.5. The van der Waals surface area contributed by atoms with E-state index in [1.54, 1.807) is 0 Å². The van der Waals surface area contributed by atoms with Crippen LogP contribution in [0.3, 0.4) is 0 Å². The van der Waals surface area contributed by atoms with Crippen molar-refractivity contribution in [1.29, 1.82) is 0 Å². The van der Waals surface area contributed by atoms with E-state index in [0.717, 1.165) is 44.8 Å². The topological polar surface area (TPSA) is 25.8 Å². The molecule has 0 fully saturated rings. The number of benzene rings is 11. The van der Waals surface area contributed by atoms with Crippen LogP contribution in [0.1, 0.15) is 22.3 Å². The summed E-state index contributed by atoms with van der Waals surface area (Å²) in [7, 11) is 0. The Morgan fingerprint density at radius 3 is 1.27 bits per heavy atom. The Balaban J connectivity index is 0.947. The molecule has 1 aromatic heterocycles. The molecule has 2 heteroatoms. The maximum atomic E-state index is 5.26. The first-order valence-electron chi connectivity index (χ1n) is 24.5. The molecule has 1 heterocycles. The van der Waals surface area contributed by atoms with Gasteiger partial charge in [0.15, 0.2) is 5.82 Å². The summed E-state index contributed by atoms with van der Waals surface area (Å²) in [5, 5.41) is 2.47. The number of hydrogen-bond donors (Lipinski definition) is 0. The van der Waals surface area contributed by atoms with Gasteiger partial charge in [-0.3, -0.25) is 0 Å². The summed E-state index contributed by atoms with van der Waals surface area (Å²) in [6.07, 6.45) is 0. The summed E-state index contributed by atoms with van der Waals surface area (Å²) < 4.78 is 0. The highest BCUT2D eigenvalue weighted by atomic mass is 14.9. The minimum Gasteiger partial charge on any atom is -0.228 e. The highest BCUT2D eigenvalue weighted by Crippen LogP contribution is 2.64. The van der Waals surface area contributed by atoms with Crippen LogP contribution in [0.4, 0.5) is 0 Å². The average Bonchev–Trinajstić information content (AvgIpc) is 3.92. The van der Waals surface area contributed by atoms with E-state index in [1.807, 2.05) is 18.2 Å². The summed E-state index contributed by atoms with van der Waals surface area (Å²) >= 11 is 0. The van der Waals surface area contributed by atoms with Crippen molar-refractivity contribution in [1.82, 2.24) is 9.97 Å². The van der Waals surface area contributed by atoms with Gasteiger partial charge in [0, 0.05) is 16.7 Å². The van der Waals surface area contributed by atoms with Crippen molar-refractivity contribution in [3.63, 3.8) is 0 Å². The summed E-state index contributed by atoms with van der Waals surface area (Å²) in [4.78, 5) is 10.4. The third-order valence-corrected chi connectivity index (χ3v) is 14.9. The van der Waals surface area contributed by atoms with Gasteiger partial charge in [-0.05, 0) is 136 Å². The quantitative estimate of drug-likeness (QED) is 0.159. The predicted molar refractivity (Wildman–Crippen MR) is 294 cm³/mol. The minimum atomic E-state index is -0.463. The van der Waals surface area contributed by atoms with Gasteiger partial charge < -0.3 is 0 Å². The van der Waals surface area contributed by atoms with Crippen molar-refractivity contribution in [2.75, 3.05) is 0 Å². The molecule has 330 valence electrons. The standard InChI is InChI=1S/C69H44N2/c1-3-19-45(20-4-1)48-25-16-29-52(40-48)66-44-67(71-68(70-66)47-22-5-2-6-23-47)53-30-17-27-50(41-53)49-26-15-28-51(39-49)59-43-65-61(42-60(59)55-35-18-24-46-21-7-8-31-54(46)55)58-34-11-14-38-64(58)69(65)62-36-12-9-32-56(62)57-33-10-13-37-63(57)69/h1-44H. The van der Waals surface area contributed by atoms with Crippen molar-refractivity contribution in [2.45, 2.75) is 5.41 Å². The second-order valence-corrected chi connectivity index (χ2v) is 18.8. The summed E-state index contributed by atoms with van der Waals surface area (Å²) in [6, 6.07) is 97.4. The Kier molecular flexibility index (Phi) is 9.47. The molecule has 0 amide bonds. The number of fused-ring (bicyclic) bond motifs is 11. The van der Waals surface area contributed by atoms with Gasteiger partial charge in [-0.1, -0.05) is 231 Å². The van der Waals surface area contributed by atoms with Gasteiger partial charge in [-0.2, -0.15) is 0 Å². The highest BCUT2D eigenvalue weighted by Gasteiger charge is 2.51. The lowest BCUT2D eigenvalue weighted by molar-refractivity contribution is 0.794. The van der Waals surface area contributed by atoms with Crippen molar-refractivity contribution >= 4 is 10.8 Å². The van der Waals surface area contributed by atoms with E-state index in [4.69, 9.17) is 9.97 Å². The van der Waals surface area contributed by atoms with Crippen LogP contribution in [0.5, 0.6) is 0 Å². The van der Waals surface area contributed by atoms with E-state index < -0.39 is 5.41 Å². The number of aromatic nitrogens is 2. The van der Waals surface area contributed by atoms with Crippen LogP contribution in [0.2, 0.25) is 0 Å². The Labute approximate surface area is 413 Å². The lowest BCUT2D eigenvalue weighted by Gasteiger charge is -2.31. The van der Waals surface area contributed by atoms with E-state index in [1.165, 1.54) is 83.1 Å². The minimum absolute atomic E-state index is 0.463. The fourth-order valence-electron chi connectivity index (χ4n) is 11.7. The maximum absolute atomic E-state index is 5.26. The third kappa shape index (κ3) is 6.57. The molecule has 0 atom stereocenters. The van der Waals surface area contributed by atoms with Gasteiger partial charge in [0.2, 0.25) is 0 Å². The van der Waals surface area contributed by atoms with Crippen LogP contribution in [0, 0.1) is 0 Å². The van der Waals surface area contributed by atoms with Gasteiger partial charge in [-0.25, -0.2) is 9.97 Å². The molecule has 0 unspecified atom stereocenters. The first-order valence-corrected chi connectivity index (χ1v) is 24.5. The molecular formula is C69H44N2. The van der Waals surface area contributed by atoms with Crippen LogP contribution >= 0.6 is 0 Å². The van der Waals surface area contributed by atoms with Crippen molar-refractivity contribution in [3.8, 4) is 101 Å². The normalized spacial score (nSPS) is 12.6. The van der Waals surface area contributed by atoms with Crippen LogP contribution in [0.25, 0.3) is 111 Å². The van der Waals surface area contributed by atoms with Crippen LogP contribution < -0.4 is 0 Å². The van der Waals surface area contributed by atoms with Crippen molar-refractivity contribution in [3.05, 3.63) is 289 Å². The molecule has 0 aliphatic heterocycles. The molecule has 2 nitrogen and oxygen atoms in total. The van der Waals surface area contributed by atoms with E-state index >= 15 is 0 Å². The molecule has 0 radical (unpaired) electrons. The molecule has 12 aromatic rings. The molecule has 1 spiro atoms. The molecule has 0 bridgehead atoms. The molecule has 2 aliphatic carbocycles. The molecule has 14 rings (SSSR count). The number of rotatable bonds is 7. The summed E-state index contributed by atoms with van der Waals surface area (Å²) in [5.74, 6) is 0.695. The van der Waals surface area contributed by atoms with E-state index in [9.17, 15) is 0 Å². The molecule has 0 saturated heterocycles. The third-order valence-electron chi connectivity index (χ3n) is 14.9. The van der Waals surface area contributed by atoms with Crippen molar-refractivity contribution in [2.24, 2.45) is 0 Å². The van der Waals surface area contributed by atoms with E-state index in [0.29, 0.717) is 5.82 Å². The van der Waals surface area contributed by atoms with Crippen LogP contribution in [-0.2, 0) is 5.41 Å². The first kappa shape index (κ1) is 40.8. The largest absolute Gasteiger partial charge is 0.228 e. The van der Waals surface area contributed by atoms with E-state index in [-0.39, 0.29) is 0 Å². The van der Waals surface area contributed by atoms with Gasteiger partial charge in [-0.15, -0.1) is 0 Å². The Hall–Kier alpha value is -9.24. The monoisotopic (exact) mass is 900 g/mol. The van der Waals surface area contributed by atoms with Gasteiger partial charge in [0.25, 0.3) is 0 Å². The lowest BCUT2D eigenvalue weighted by atomic mass is 9.70. The Bertz CT molecular complexity index is 4000. The summed E-state index contributed by atoms with van der Waals surface area (Å²) in [6.45, 7) is 0. The molecule has 11 aromatic carbocycles. The predicted octanol–water partition coefficient (Wildman–Crippen LogP) is 17.6. The van der Waals surface area contributed by atoms with Crippen molar-refractivity contribution < 1.29 is 0 Å². The highest BCUT2D eigenvalue weighted by molar-refractivity contribution is 6.04.